The smallest absolute Gasteiger partial charge is 0.407 e. The van der Waals surface area contributed by atoms with Crippen molar-refractivity contribution in [2.45, 2.75) is 52.5 Å². The summed E-state index contributed by atoms with van der Waals surface area (Å²) in [7, 11) is 0. The highest BCUT2D eigenvalue weighted by atomic mass is 16.5. The second-order valence-electron chi connectivity index (χ2n) is 5.10. The van der Waals surface area contributed by atoms with Crippen molar-refractivity contribution in [1.29, 1.82) is 0 Å². The van der Waals surface area contributed by atoms with Crippen LogP contribution in [0.25, 0.3) is 0 Å². The van der Waals surface area contributed by atoms with Crippen LogP contribution in [0.2, 0.25) is 0 Å². The van der Waals surface area contributed by atoms with Crippen LogP contribution >= 0.6 is 0 Å². The van der Waals surface area contributed by atoms with E-state index < -0.39 is 0 Å². The number of ether oxygens (including phenoxy) is 1. The van der Waals surface area contributed by atoms with Gasteiger partial charge in [-0.2, -0.15) is 0 Å². The Morgan fingerprint density at radius 1 is 1.26 bits per heavy atom. The highest BCUT2D eigenvalue weighted by molar-refractivity contribution is 5.76. The van der Waals surface area contributed by atoms with Crippen molar-refractivity contribution in [3.63, 3.8) is 0 Å². The van der Waals surface area contributed by atoms with E-state index in [0.29, 0.717) is 25.5 Å². The predicted octanol–water partition coefficient (Wildman–Crippen LogP) is 2.16. The summed E-state index contributed by atoms with van der Waals surface area (Å²) in [6.07, 6.45) is 3.26. The molecule has 0 saturated carbocycles. The molecule has 1 rings (SSSR count). The van der Waals surface area contributed by atoms with E-state index >= 15 is 0 Å². The Labute approximate surface area is 115 Å². The Balaban J connectivity index is 2.59. The maximum atomic E-state index is 11.9. The molecule has 0 bridgehead atoms. The van der Waals surface area contributed by atoms with Crippen molar-refractivity contribution in [1.82, 2.24) is 10.2 Å². The van der Waals surface area contributed by atoms with Crippen LogP contribution in [0.1, 0.15) is 46.5 Å². The van der Waals surface area contributed by atoms with E-state index in [0.717, 1.165) is 25.8 Å². The summed E-state index contributed by atoms with van der Waals surface area (Å²) in [6, 6.07) is 0.0137. The van der Waals surface area contributed by atoms with Gasteiger partial charge in [-0.3, -0.25) is 4.79 Å². The maximum absolute atomic E-state index is 11.9. The first-order valence-electron chi connectivity index (χ1n) is 7.31. The number of alkyl carbamates (subject to hydrolysis) is 1. The molecule has 0 aromatic heterocycles. The zero-order chi connectivity index (χ0) is 14.3. The van der Waals surface area contributed by atoms with Crippen LogP contribution in [0.15, 0.2) is 0 Å². The molecular weight excluding hydrogens is 244 g/mol. The number of hydrogen-bond donors (Lipinski definition) is 1. The fourth-order valence-corrected chi connectivity index (χ4v) is 2.69. The number of amides is 2. The van der Waals surface area contributed by atoms with Crippen LogP contribution in [-0.4, -0.2) is 42.6 Å². The Morgan fingerprint density at radius 2 is 2.00 bits per heavy atom. The molecule has 5 heteroatoms. The summed E-state index contributed by atoms with van der Waals surface area (Å²) in [4.78, 5) is 25.2. The topological polar surface area (TPSA) is 58.6 Å². The first-order valence-corrected chi connectivity index (χ1v) is 7.31. The number of carbonyl (C=O) groups excluding carboxylic acids is 2. The molecule has 0 aromatic rings. The van der Waals surface area contributed by atoms with E-state index in [1.54, 1.807) is 6.92 Å². The Kier molecular flexibility index (Phi) is 6.67. The van der Waals surface area contributed by atoms with Gasteiger partial charge in [-0.25, -0.2) is 4.79 Å². The summed E-state index contributed by atoms with van der Waals surface area (Å²) in [5.41, 5.74) is 0. The van der Waals surface area contributed by atoms with Gasteiger partial charge in [0.05, 0.1) is 12.6 Å². The molecule has 5 nitrogen and oxygen atoms in total. The van der Waals surface area contributed by atoms with Crippen LogP contribution in [0.4, 0.5) is 4.79 Å². The Bertz CT molecular complexity index is 307. The summed E-state index contributed by atoms with van der Waals surface area (Å²) in [5, 5.41) is 2.86. The average Bonchev–Trinajstić information content (AvgIpc) is 2.38. The zero-order valence-electron chi connectivity index (χ0n) is 12.3. The van der Waals surface area contributed by atoms with Crippen LogP contribution in [-0.2, 0) is 9.53 Å². The highest BCUT2D eigenvalue weighted by Gasteiger charge is 2.29. The lowest BCUT2D eigenvalue weighted by molar-refractivity contribution is -0.133. The van der Waals surface area contributed by atoms with Crippen LogP contribution < -0.4 is 5.32 Å². The third-order valence-electron chi connectivity index (χ3n) is 3.49. The largest absolute Gasteiger partial charge is 0.450 e. The van der Waals surface area contributed by atoms with Gasteiger partial charge >= 0.3 is 6.09 Å². The van der Waals surface area contributed by atoms with E-state index in [9.17, 15) is 9.59 Å². The molecule has 1 fully saturated rings. The lowest BCUT2D eigenvalue weighted by Gasteiger charge is -2.38. The molecule has 1 saturated heterocycles. The SMILES string of the molecule is CCCC1CC(NC(=O)OCC)CN(C(=O)CC)C1. The van der Waals surface area contributed by atoms with Crippen LogP contribution in [0, 0.1) is 5.92 Å². The lowest BCUT2D eigenvalue weighted by atomic mass is 9.90. The highest BCUT2D eigenvalue weighted by Crippen LogP contribution is 2.22. The van der Waals surface area contributed by atoms with Gasteiger partial charge in [0.2, 0.25) is 5.91 Å². The second kappa shape index (κ2) is 8.02. The minimum atomic E-state index is -0.381. The molecule has 0 aliphatic carbocycles. The summed E-state index contributed by atoms with van der Waals surface area (Å²) in [5.74, 6) is 0.637. The van der Waals surface area contributed by atoms with Crippen LogP contribution in [0.3, 0.4) is 0 Å². The Hall–Kier alpha value is -1.26. The number of carbonyl (C=O) groups is 2. The summed E-state index contributed by atoms with van der Waals surface area (Å²) >= 11 is 0. The number of nitrogens with one attached hydrogen (secondary N) is 1. The monoisotopic (exact) mass is 270 g/mol. The van der Waals surface area contributed by atoms with E-state index in [1.807, 2.05) is 11.8 Å². The predicted molar refractivity (Wildman–Crippen MR) is 73.8 cm³/mol. The first kappa shape index (κ1) is 15.8. The van der Waals surface area contributed by atoms with E-state index in [4.69, 9.17) is 4.74 Å². The zero-order valence-corrected chi connectivity index (χ0v) is 12.3. The summed E-state index contributed by atoms with van der Waals surface area (Å²) < 4.78 is 4.91. The van der Waals surface area contributed by atoms with E-state index in [1.165, 1.54) is 0 Å². The van der Waals surface area contributed by atoms with Crippen molar-refractivity contribution in [3.8, 4) is 0 Å². The molecule has 1 heterocycles. The van der Waals surface area contributed by atoms with Crippen molar-refractivity contribution < 1.29 is 14.3 Å². The fraction of sp³-hybridized carbons (Fsp3) is 0.857. The third kappa shape index (κ3) is 5.09. The second-order valence-corrected chi connectivity index (χ2v) is 5.10. The molecule has 1 aliphatic heterocycles. The van der Waals surface area contributed by atoms with Gasteiger partial charge in [-0.05, 0) is 25.7 Å². The van der Waals surface area contributed by atoms with Gasteiger partial charge in [0.25, 0.3) is 0 Å². The van der Waals surface area contributed by atoms with Gasteiger partial charge in [-0.1, -0.05) is 20.3 Å². The van der Waals surface area contributed by atoms with Crippen LogP contribution in [0.5, 0.6) is 0 Å². The molecule has 0 spiro atoms. The molecule has 2 unspecified atom stereocenters. The molecule has 1 aliphatic rings. The number of nitrogens with zero attached hydrogens (tertiary/aromatic N) is 1. The minimum Gasteiger partial charge on any atom is -0.450 e. The van der Waals surface area contributed by atoms with Gasteiger partial charge in [-0.15, -0.1) is 0 Å². The van der Waals surface area contributed by atoms with Crippen molar-refractivity contribution in [2.24, 2.45) is 5.92 Å². The van der Waals surface area contributed by atoms with Gasteiger partial charge < -0.3 is 15.0 Å². The number of hydrogen-bond acceptors (Lipinski definition) is 3. The molecule has 19 heavy (non-hydrogen) atoms. The minimum absolute atomic E-state index is 0.0137. The molecule has 110 valence electrons. The van der Waals surface area contributed by atoms with E-state index in [-0.39, 0.29) is 18.0 Å². The third-order valence-corrected chi connectivity index (χ3v) is 3.49. The first-order chi connectivity index (χ1) is 9.10. The van der Waals surface area contributed by atoms with Gasteiger partial charge in [0.1, 0.15) is 0 Å². The van der Waals surface area contributed by atoms with Gasteiger partial charge in [0.15, 0.2) is 0 Å². The Morgan fingerprint density at radius 3 is 2.58 bits per heavy atom. The van der Waals surface area contributed by atoms with Gasteiger partial charge in [0, 0.05) is 19.5 Å². The molecule has 1 N–H and O–H groups in total. The quantitative estimate of drug-likeness (QED) is 0.833. The van der Waals surface area contributed by atoms with Crippen molar-refractivity contribution in [3.05, 3.63) is 0 Å². The molecule has 0 aromatic carbocycles. The molecular formula is C14H26N2O3. The number of rotatable bonds is 5. The normalized spacial score (nSPS) is 23.0. The summed E-state index contributed by atoms with van der Waals surface area (Å²) in [6.45, 7) is 7.60. The number of piperidine rings is 1. The van der Waals surface area contributed by atoms with Crippen molar-refractivity contribution >= 4 is 12.0 Å². The number of likely N-dealkylation sites (tertiary alicyclic amines) is 1. The van der Waals surface area contributed by atoms with Crippen molar-refractivity contribution in [2.75, 3.05) is 19.7 Å². The fourth-order valence-electron chi connectivity index (χ4n) is 2.69. The standard InChI is InChI=1S/C14H26N2O3/c1-4-7-11-8-12(15-14(18)19-6-3)10-16(9-11)13(17)5-2/h11-12H,4-10H2,1-3H3,(H,15,18). The molecule has 2 amide bonds. The van der Waals surface area contributed by atoms with E-state index in [2.05, 4.69) is 12.2 Å². The lowest BCUT2D eigenvalue weighted by Crippen LogP contribution is -2.52. The molecule has 0 radical (unpaired) electrons. The molecule has 2 atom stereocenters. The average molecular weight is 270 g/mol. The maximum Gasteiger partial charge on any atom is 0.407 e.